The van der Waals surface area contributed by atoms with E-state index in [1.165, 1.54) is 0 Å². The van der Waals surface area contributed by atoms with Gasteiger partial charge < -0.3 is 9.47 Å². The van der Waals surface area contributed by atoms with Crippen LogP contribution in [0.3, 0.4) is 0 Å². The van der Waals surface area contributed by atoms with Crippen LogP contribution in [0.2, 0.25) is 0 Å². The molecule has 5 nitrogen and oxygen atoms in total. The maximum absolute atomic E-state index is 13.5. The lowest BCUT2D eigenvalue weighted by Gasteiger charge is -2.52. The summed E-state index contributed by atoms with van der Waals surface area (Å²) >= 11 is 0. The van der Waals surface area contributed by atoms with E-state index in [0.717, 1.165) is 11.1 Å². The minimum absolute atomic E-state index is 0.288. The van der Waals surface area contributed by atoms with Crippen LogP contribution in [0.1, 0.15) is 30.9 Å². The smallest absolute Gasteiger partial charge is 0.243 e. The molecule has 2 fully saturated rings. The molecule has 1 spiro atoms. The van der Waals surface area contributed by atoms with E-state index in [1.54, 1.807) is 16.4 Å². The van der Waals surface area contributed by atoms with Crippen molar-refractivity contribution in [1.29, 1.82) is 0 Å². The Morgan fingerprint density at radius 1 is 0.929 bits per heavy atom. The van der Waals surface area contributed by atoms with Crippen LogP contribution in [-0.2, 0) is 25.1 Å². The number of aryl methyl sites for hydroxylation is 1. The van der Waals surface area contributed by atoms with E-state index in [0.29, 0.717) is 37.5 Å². The van der Waals surface area contributed by atoms with Crippen molar-refractivity contribution in [1.82, 2.24) is 4.31 Å². The third-order valence-electron chi connectivity index (χ3n) is 5.83. The van der Waals surface area contributed by atoms with Gasteiger partial charge in [0.25, 0.3) is 0 Å². The number of hydrogen-bond acceptors (Lipinski definition) is 4. The van der Waals surface area contributed by atoms with Crippen molar-refractivity contribution in [3.63, 3.8) is 0 Å². The summed E-state index contributed by atoms with van der Waals surface area (Å²) in [6.45, 7) is 5.77. The molecule has 0 aromatic heterocycles. The molecule has 0 saturated carbocycles. The number of nitrogens with zero attached hydrogens (tertiary/aromatic N) is 1. The molecular formula is C22H27NO4S. The molecule has 4 rings (SSSR count). The molecular weight excluding hydrogens is 374 g/mol. The molecule has 2 aliphatic rings. The number of sulfonamides is 1. The number of morpholine rings is 1. The summed E-state index contributed by atoms with van der Waals surface area (Å²) < 4.78 is 40.8. The van der Waals surface area contributed by atoms with Gasteiger partial charge in [0.2, 0.25) is 10.0 Å². The molecule has 28 heavy (non-hydrogen) atoms. The predicted octanol–water partition coefficient (Wildman–Crippen LogP) is 3.48. The Kier molecular flexibility index (Phi) is 5.08. The molecule has 1 atom stereocenters. The third kappa shape index (κ3) is 3.62. The molecule has 0 aliphatic carbocycles. The van der Waals surface area contributed by atoms with Crippen LogP contribution < -0.4 is 0 Å². The predicted molar refractivity (Wildman–Crippen MR) is 108 cm³/mol. The maximum Gasteiger partial charge on any atom is 0.243 e. The monoisotopic (exact) mass is 401 g/mol. The summed E-state index contributed by atoms with van der Waals surface area (Å²) in [6.07, 6.45) is 1.38. The second-order valence-electron chi connectivity index (χ2n) is 8.08. The average molecular weight is 402 g/mol. The largest absolute Gasteiger partial charge is 0.381 e. The van der Waals surface area contributed by atoms with Gasteiger partial charge >= 0.3 is 0 Å². The Balaban J connectivity index is 1.75. The molecule has 2 saturated heterocycles. The van der Waals surface area contributed by atoms with Crippen molar-refractivity contribution in [2.45, 2.75) is 42.8 Å². The maximum atomic E-state index is 13.5. The quantitative estimate of drug-likeness (QED) is 0.790. The molecule has 6 heteroatoms. The van der Waals surface area contributed by atoms with E-state index in [-0.39, 0.29) is 6.54 Å². The first-order valence-corrected chi connectivity index (χ1v) is 11.2. The molecule has 2 aromatic carbocycles. The molecule has 0 amide bonds. The highest BCUT2D eigenvalue weighted by Gasteiger charge is 2.50. The average Bonchev–Trinajstić information content (AvgIpc) is 2.69. The Hall–Kier alpha value is -1.73. The van der Waals surface area contributed by atoms with Crippen LogP contribution in [0.15, 0.2) is 59.5 Å². The van der Waals surface area contributed by atoms with Crippen LogP contribution in [0, 0.1) is 6.92 Å². The minimum atomic E-state index is -3.62. The zero-order chi connectivity index (χ0) is 19.8. The van der Waals surface area contributed by atoms with Gasteiger partial charge in [0.1, 0.15) is 5.60 Å². The second-order valence-corrected chi connectivity index (χ2v) is 10.0. The molecule has 0 unspecified atom stereocenters. The Morgan fingerprint density at radius 3 is 2.21 bits per heavy atom. The first kappa shape index (κ1) is 19.6. The van der Waals surface area contributed by atoms with Gasteiger partial charge in [-0.25, -0.2) is 8.42 Å². The van der Waals surface area contributed by atoms with E-state index >= 15 is 0 Å². The van der Waals surface area contributed by atoms with Gasteiger partial charge in [0.15, 0.2) is 0 Å². The van der Waals surface area contributed by atoms with Crippen LogP contribution in [0.5, 0.6) is 0 Å². The topological polar surface area (TPSA) is 55.8 Å². The van der Waals surface area contributed by atoms with Crippen molar-refractivity contribution in [3.05, 3.63) is 65.7 Å². The van der Waals surface area contributed by atoms with E-state index < -0.39 is 21.2 Å². The summed E-state index contributed by atoms with van der Waals surface area (Å²) in [6, 6.07) is 17.0. The Bertz CT molecular complexity index is 921. The molecule has 0 bridgehead atoms. The summed E-state index contributed by atoms with van der Waals surface area (Å²) in [7, 11) is -3.62. The van der Waals surface area contributed by atoms with Crippen LogP contribution in [-0.4, -0.2) is 44.6 Å². The highest BCUT2D eigenvalue weighted by Crippen LogP contribution is 2.42. The highest BCUT2D eigenvalue weighted by atomic mass is 32.2. The van der Waals surface area contributed by atoms with Gasteiger partial charge in [0, 0.05) is 39.1 Å². The van der Waals surface area contributed by atoms with Crippen molar-refractivity contribution >= 4 is 10.0 Å². The fourth-order valence-corrected chi connectivity index (χ4v) is 5.83. The normalized spacial score (nSPS) is 25.6. The molecule has 0 N–H and O–H groups in total. The Morgan fingerprint density at radius 2 is 1.57 bits per heavy atom. The molecule has 2 heterocycles. The highest BCUT2D eigenvalue weighted by molar-refractivity contribution is 7.89. The lowest BCUT2D eigenvalue weighted by Crippen LogP contribution is -2.62. The molecule has 2 aromatic rings. The van der Waals surface area contributed by atoms with Gasteiger partial charge in [0.05, 0.1) is 10.5 Å². The number of hydrogen-bond donors (Lipinski definition) is 0. The summed E-state index contributed by atoms with van der Waals surface area (Å²) in [4.78, 5) is 0.331. The zero-order valence-electron chi connectivity index (χ0n) is 16.4. The number of ether oxygens (including phenoxy) is 2. The van der Waals surface area contributed by atoms with Crippen molar-refractivity contribution in [2.75, 3.05) is 26.3 Å². The van der Waals surface area contributed by atoms with E-state index in [1.807, 2.05) is 56.3 Å². The van der Waals surface area contributed by atoms with Gasteiger partial charge in [-0.1, -0.05) is 48.0 Å². The SMILES string of the molecule is Cc1ccc(S(=O)(=O)N2CC3(CCOCC3)O[C@](C)(c3ccccc3)C2)cc1. The fraction of sp³-hybridized carbons (Fsp3) is 0.455. The van der Waals surface area contributed by atoms with Crippen LogP contribution in [0.25, 0.3) is 0 Å². The minimum Gasteiger partial charge on any atom is -0.381 e. The molecule has 150 valence electrons. The van der Waals surface area contributed by atoms with Crippen molar-refractivity contribution < 1.29 is 17.9 Å². The van der Waals surface area contributed by atoms with E-state index in [2.05, 4.69) is 0 Å². The number of benzene rings is 2. The van der Waals surface area contributed by atoms with E-state index in [4.69, 9.17) is 9.47 Å². The zero-order valence-corrected chi connectivity index (χ0v) is 17.2. The first-order chi connectivity index (χ1) is 13.3. The third-order valence-corrected chi connectivity index (χ3v) is 7.64. The van der Waals surface area contributed by atoms with Crippen molar-refractivity contribution in [3.8, 4) is 0 Å². The van der Waals surface area contributed by atoms with Gasteiger partial charge in [-0.2, -0.15) is 4.31 Å². The van der Waals surface area contributed by atoms with Crippen molar-refractivity contribution in [2.24, 2.45) is 0 Å². The molecule has 2 aliphatic heterocycles. The lowest BCUT2D eigenvalue weighted by molar-refractivity contribution is -0.222. The van der Waals surface area contributed by atoms with Crippen LogP contribution >= 0.6 is 0 Å². The first-order valence-electron chi connectivity index (χ1n) is 9.73. The van der Waals surface area contributed by atoms with Crippen LogP contribution in [0.4, 0.5) is 0 Å². The number of rotatable bonds is 3. The summed E-state index contributed by atoms with van der Waals surface area (Å²) in [5, 5.41) is 0. The second kappa shape index (κ2) is 7.26. The summed E-state index contributed by atoms with van der Waals surface area (Å²) in [5.74, 6) is 0. The van der Waals surface area contributed by atoms with Gasteiger partial charge in [-0.15, -0.1) is 0 Å². The Labute approximate surface area is 167 Å². The fourth-order valence-electron chi connectivity index (χ4n) is 4.23. The van der Waals surface area contributed by atoms with Gasteiger partial charge in [-0.3, -0.25) is 0 Å². The summed E-state index contributed by atoms with van der Waals surface area (Å²) in [5.41, 5.74) is 0.786. The molecule has 0 radical (unpaired) electrons. The van der Waals surface area contributed by atoms with Gasteiger partial charge in [-0.05, 0) is 31.5 Å². The van der Waals surface area contributed by atoms with E-state index in [9.17, 15) is 8.42 Å². The standard InChI is InChI=1S/C22H27NO4S/c1-18-8-10-20(11-9-18)28(24,25)23-16-21(2,19-6-4-3-5-7-19)27-22(17-23)12-14-26-15-13-22/h3-11H,12-17H2,1-2H3/t21-/m0/s1. The lowest BCUT2D eigenvalue weighted by atomic mass is 9.86.